The van der Waals surface area contributed by atoms with E-state index in [-0.39, 0.29) is 23.3 Å². The summed E-state index contributed by atoms with van der Waals surface area (Å²) < 4.78 is 0. The number of hydrazine groups is 1. The maximum Gasteiger partial charge on any atom is 0.305 e. The zero-order valence-corrected chi connectivity index (χ0v) is 9.63. The van der Waals surface area contributed by atoms with E-state index in [0.29, 0.717) is 0 Å². The zero-order valence-electron chi connectivity index (χ0n) is 9.63. The van der Waals surface area contributed by atoms with Gasteiger partial charge in [0.1, 0.15) is 24.8 Å². The molecular weight excluding hydrogens is 272 g/mol. The third-order valence-electron chi connectivity index (χ3n) is 1.98. The van der Waals surface area contributed by atoms with Crippen molar-refractivity contribution >= 4 is 23.3 Å². The summed E-state index contributed by atoms with van der Waals surface area (Å²) in [5.74, 6) is 0.107. The van der Waals surface area contributed by atoms with Crippen LogP contribution in [0.4, 0.5) is 23.3 Å². The SMILES string of the molecule is O=[N+]([O-])c1cnc(NNc2ncc([N+](=O)[O-])cn2)nc1. The molecule has 102 valence electrons. The quantitative estimate of drug-likeness (QED) is 0.582. The smallest absolute Gasteiger partial charge is 0.266 e. The summed E-state index contributed by atoms with van der Waals surface area (Å²) in [5, 5.41) is 20.8. The second kappa shape index (κ2) is 5.47. The molecule has 20 heavy (non-hydrogen) atoms. The van der Waals surface area contributed by atoms with Crippen molar-refractivity contribution in [3.63, 3.8) is 0 Å². The van der Waals surface area contributed by atoms with E-state index in [1.54, 1.807) is 0 Å². The van der Waals surface area contributed by atoms with E-state index in [0.717, 1.165) is 24.8 Å². The molecule has 0 atom stereocenters. The summed E-state index contributed by atoms with van der Waals surface area (Å²) in [5.41, 5.74) is 4.48. The van der Waals surface area contributed by atoms with Crippen LogP contribution in [0.25, 0.3) is 0 Å². The van der Waals surface area contributed by atoms with E-state index in [4.69, 9.17) is 0 Å². The minimum atomic E-state index is -0.628. The molecule has 2 N–H and O–H groups in total. The highest BCUT2D eigenvalue weighted by Gasteiger charge is 2.08. The summed E-state index contributed by atoms with van der Waals surface area (Å²) in [6.45, 7) is 0. The first-order valence-electron chi connectivity index (χ1n) is 5.01. The van der Waals surface area contributed by atoms with Crippen LogP contribution >= 0.6 is 0 Å². The highest BCUT2D eigenvalue weighted by atomic mass is 16.6. The van der Waals surface area contributed by atoms with E-state index in [9.17, 15) is 20.2 Å². The van der Waals surface area contributed by atoms with Crippen molar-refractivity contribution in [1.29, 1.82) is 0 Å². The van der Waals surface area contributed by atoms with Crippen LogP contribution in [0.5, 0.6) is 0 Å². The monoisotopic (exact) mass is 278 g/mol. The lowest BCUT2D eigenvalue weighted by atomic mass is 10.5. The summed E-state index contributed by atoms with van der Waals surface area (Å²) in [7, 11) is 0. The van der Waals surface area contributed by atoms with Crippen LogP contribution in [0.3, 0.4) is 0 Å². The minimum Gasteiger partial charge on any atom is -0.266 e. The zero-order chi connectivity index (χ0) is 14.5. The summed E-state index contributed by atoms with van der Waals surface area (Å²) in [6, 6.07) is 0. The summed E-state index contributed by atoms with van der Waals surface area (Å²) in [6.07, 6.45) is 4.09. The fourth-order valence-electron chi connectivity index (χ4n) is 1.07. The van der Waals surface area contributed by atoms with Gasteiger partial charge in [-0.05, 0) is 0 Å². The topological polar surface area (TPSA) is 162 Å². The maximum atomic E-state index is 10.4. The normalized spacial score (nSPS) is 9.80. The molecule has 0 saturated heterocycles. The molecule has 0 aliphatic rings. The Morgan fingerprint density at radius 1 is 0.750 bits per heavy atom. The Bertz CT molecular complexity index is 570. The van der Waals surface area contributed by atoms with E-state index in [1.807, 2.05) is 0 Å². The van der Waals surface area contributed by atoms with Gasteiger partial charge in [0.2, 0.25) is 11.9 Å². The van der Waals surface area contributed by atoms with Crippen molar-refractivity contribution < 1.29 is 9.85 Å². The molecule has 2 rings (SSSR count). The standard InChI is InChI=1S/C8H6N8O4/c17-15(18)5-1-9-7(10-2-5)13-14-8-11-3-6(4-12-8)16(19)20/h1-4H,(H,9,10,13)(H,11,12,14). The van der Waals surface area contributed by atoms with Crippen LogP contribution in [0.1, 0.15) is 0 Å². The minimum absolute atomic E-state index is 0.0533. The number of nitrogens with zero attached hydrogens (tertiary/aromatic N) is 6. The van der Waals surface area contributed by atoms with Gasteiger partial charge in [-0.25, -0.2) is 19.9 Å². The van der Waals surface area contributed by atoms with Crippen molar-refractivity contribution in [1.82, 2.24) is 19.9 Å². The molecule has 12 nitrogen and oxygen atoms in total. The van der Waals surface area contributed by atoms with Gasteiger partial charge in [-0.1, -0.05) is 0 Å². The number of aromatic nitrogens is 4. The molecule has 0 spiro atoms. The second-order valence-electron chi connectivity index (χ2n) is 3.29. The number of hydrogen-bond donors (Lipinski definition) is 2. The number of hydrogen-bond acceptors (Lipinski definition) is 10. The summed E-state index contributed by atoms with van der Waals surface area (Å²) in [4.78, 5) is 34.2. The lowest BCUT2D eigenvalue weighted by Gasteiger charge is -2.05. The lowest BCUT2D eigenvalue weighted by molar-refractivity contribution is -0.385. The average Bonchev–Trinajstić information content (AvgIpc) is 2.46. The molecule has 0 amide bonds. The first-order chi connectivity index (χ1) is 9.56. The molecule has 0 bridgehead atoms. The molecule has 0 radical (unpaired) electrons. The van der Waals surface area contributed by atoms with Crippen molar-refractivity contribution in [2.45, 2.75) is 0 Å². The van der Waals surface area contributed by atoms with E-state index < -0.39 is 9.85 Å². The van der Waals surface area contributed by atoms with Crippen LogP contribution in [0, 0.1) is 20.2 Å². The van der Waals surface area contributed by atoms with E-state index >= 15 is 0 Å². The molecule has 2 aromatic rings. The Morgan fingerprint density at radius 2 is 1.05 bits per heavy atom. The molecule has 0 saturated carbocycles. The second-order valence-corrected chi connectivity index (χ2v) is 3.29. The van der Waals surface area contributed by atoms with Gasteiger partial charge in [-0.15, -0.1) is 0 Å². The first kappa shape index (κ1) is 13.0. The van der Waals surface area contributed by atoms with Crippen LogP contribution in [-0.2, 0) is 0 Å². The van der Waals surface area contributed by atoms with Crippen molar-refractivity contribution in [2.24, 2.45) is 0 Å². The Hall–Kier alpha value is -3.44. The van der Waals surface area contributed by atoms with Crippen LogP contribution in [-0.4, -0.2) is 29.8 Å². The number of anilines is 2. The molecule has 0 aliphatic heterocycles. The average molecular weight is 278 g/mol. The van der Waals surface area contributed by atoms with Gasteiger partial charge in [0.05, 0.1) is 9.85 Å². The fraction of sp³-hybridized carbons (Fsp3) is 0. The Kier molecular flexibility index (Phi) is 3.56. The van der Waals surface area contributed by atoms with Gasteiger partial charge >= 0.3 is 11.4 Å². The Morgan fingerprint density at radius 3 is 1.30 bits per heavy atom. The van der Waals surface area contributed by atoms with Crippen molar-refractivity contribution in [3.05, 3.63) is 45.0 Å². The van der Waals surface area contributed by atoms with Crippen LogP contribution in [0.2, 0.25) is 0 Å². The van der Waals surface area contributed by atoms with E-state index in [2.05, 4.69) is 30.8 Å². The lowest BCUT2D eigenvalue weighted by Crippen LogP contribution is -2.13. The van der Waals surface area contributed by atoms with Gasteiger partial charge in [0.25, 0.3) is 0 Å². The van der Waals surface area contributed by atoms with Gasteiger partial charge in [0.15, 0.2) is 0 Å². The van der Waals surface area contributed by atoms with Gasteiger partial charge in [-0.2, -0.15) is 0 Å². The maximum absolute atomic E-state index is 10.4. The predicted octanol–water partition coefficient (Wildman–Crippen LogP) is 0.522. The number of nitrogens with one attached hydrogen (secondary N) is 2. The summed E-state index contributed by atoms with van der Waals surface area (Å²) >= 11 is 0. The molecular formula is C8H6N8O4. The highest BCUT2D eigenvalue weighted by Crippen LogP contribution is 2.10. The predicted molar refractivity (Wildman–Crippen MR) is 64.6 cm³/mol. The Balaban J connectivity index is 1.97. The molecule has 2 aromatic heterocycles. The molecule has 12 heteroatoms. The highest BCUT2D eigenvalue weighted by molar-refractivity contribution is 5.38. The third kappa shape index (κ3) is 3.06. The van der Waals surface area contributed by atoms with Crippen LogP contribution in [0.15, 0.2) is 24.8 Å². The molecule has 0 fully saturated rings. The Labute approximate surface area is 110 Å². The number of rotatable bonds is 5. The van der Waals surface area contributed by atoms with Gasteiger partial charge < -0.3 is 0 Å². The first-order valence-corrected chi connectivity index (χ1v) is 5.01. The van der Waals surface area contributed by atoms with Crippen molar-refractivity contribution in [3.8, 4) is 0 Å². The fourth-order valence-corrected chi connectivity index (χ4v) is 1.07. The van der Waals surface area contributed by atoms with E-state index in [1.165, 1.54) is 0 Å². The molecule has 0 aliphatic carbocycles. The van der Waals surface area contributed by atoms with Gasteiger partial charge in [-0.3, -0.25) is 31.1 Å². The molecule has 2 heterocycles. The number of nitro groups is 2. The van der Waals surface area contributed by atoms with Gasteiger partial charge in [0, 0.05) is 0 Å². The molecule has 0 unspecified atom stereocenters. The van der Waals surface area contributed by atoms with Crippen LogP contribution < -0.4 is 10.9 Å². The largest absolute Gasteiger partial charge is 0.305 e. The van der Waals surface area contributed by atoms with Crippen molar-refractivity contribution in [2.75, 3.05) is 10.9 Å². The third-order valence-corrected chi connectivity index (χ3v) is 1.98. The molecule has 0 aromatic carbocycles.